The Morgan fingerprint density at radius 1 is 0.775 bits per heavy atom. The van der Waals surface area contributed by atoms with Crippen LogP contribution in [-0.2, 0) is 32.3 Å². The second kappa shape index (κ2) is 9.24. The molecule has 4 heterocycles. The van der Waals surface area contributed by atoms with Crippen molar-refractivity contribution in [2.75, 3.05) is 13.1 Å². The van der Waals surface area contributed by atoms with Gasteiger partial charge in [0.25, 0.3) is 0 Å². The molecule has 5 unspecified atom stereocenters. The third kappa shape index (κ3) is 3.28. The summed E-state index contributed by atoms with van der Waals surface area (Å²) in [6, 6.07) is 3.71. The molecule has 2 aromatic heterocycles. The van der Waals surface area contributed by atoms with Crippen molar-refractivity contribution in [2.24, 2.45) is 40.9 Å². The highest BCUT2D eigenvalue weighted by molar-refractivity contribution is 6.12. The van der Waals surface area contributed by atoms with Crippen molar-refractivity contribution >= 4 is 23.6 Å². The zero-order valence-corrected chi connectivity index (χ0v) is 23.1. The maximum atomic E-state index is 14.2. The van der Waals surface area contributed by atoms with Gasteiger partial charge in [0.05, 0.1) is 23.7 Å². The molecule has 0 aromatic carbocycles. The van der Waals surface area contributed by atoms with E-state index in [-0.39, 0.29) is 29.5 Å². The molecule has 1 spiro atoms. The highest BCUT2D eigenvalue weighted by Crippen LogP contribution is 2.73. The standard InChI is InChI=1S/C30H36N6O4/c1-18-8-3-9-20-19(2)21-22-24(28(39)35(26(22)37)16-6-14-33-12-4-10-31-33)30(18,20)25-23(21)27(38)36(29(25)40)17-7-15-34-13-5-11-32-34/h4-5,10-13,18,21-25H,3,6-9,14-17H2,1-2H3. The Morgan fingerprint density at radius 2 is 1.30 bits per heavy atom. The lowest BCUT2D eigenvalue weighted by Crippen LogP contribution is -2.64. The molecule has 0 radical (unpaired) electrons. The van der Waals surface area contributed by atoms with Crippen molar-refractivity contribution in [2.45, 2.75) is 59.0 Å². The van der Waals surface area contributed by atoms with Crippen LogP contribution < -0.4 is 0 Å². The van der Waals surface area contributed by atoms with Crippen LogP contribution in [0.5, 0.6) is 0 Å². The van der Waals surface area contributed by atoms with Gasteiger partial charge in [0, 0.05) is 62.3 Å². The number of amides is 4. The minimum atomic E-state index is -0.765. The fourth-order valence-corrected chi connectivity index (χ4v) is 9.34. The van der Waals surface area contributed by atoms with E-state index in [1.54, 1.807) is 21.8 Å². The fourth-order valence-electron chi connectivity index (χ4n) is 9.34. The molecule has 6 aliphatic rings. The topological polar surface area (TPSA) is 110 Å². The van der Waals surface area contributed by atoms with Gasteiger partial charge < -0.3 is 0 Å². The first-order chi connectivity index (χ1) is 19.4. The van der Waals surface area contributed by atoms with Gasteiger partial charge in [-0.1, -0.05) is 18.1 Å². The molecule has 2 saturated carbocycles. The minimum absolute atomic E-state index is 0.0361. The molecule has 2 aliphatic heterocycles. The first kappa shape index (κ1) is 25.4. The first-order valence-electron chi connectivity index (χ1n) is 14.7. The lowest BCUT2D eigenvalue weighted by atomic mass is 9.37. The van der Waals surface area contributed by atoms with Gasteiger partial charge in [-0.3, -0.25) is 38.3 Å². The number of nitrogens with zero attached hydrogens (tertiary/aromatic N) is 6. The number of likely N-dealkylation sites (tertiary alicyclic amines) is 2. The molecule has 2 aromatic rings. The van der Waals surface area contributed by atoms with E-state index in [9.17, 15) is 19.2 Å². The van der Waals surface area contributed by atoms with Gasteiger partial charge in [-0.15, -0.1) is 0 Å². The Kier molecular flexibility index (Phi) is 5.87. The molecule has 2 bridgehead atoms. The van der Waals surface area contributed by atoms with Crippen molar-refractivity contribution in [3.05, 3.63) is 48.1 Å². The molecule has 8 rings (SSSR count). The predicted molar refractivity (Wildman–Crippen MR) is 143 cm³/mol. The molecule has 210 valence electrons. The summed E-state index contributed by atoms with van der Waals surface area (Å²) >= 11 is 0. The van der Waals surface area contributed by atoms with Crippen LogP contribution in [0, 0.1) is 40.9 Å². The van der Waals surface area contributed by atoms with Gasteiger partial charge >= 0.3 is 0 Å². The maximum absolute atomic E-state index is 14.2. The van der Waals surface area contributed by atoms with E-state index in [4.69, 9.17) is 0 Å². The molecule has 4 aliphatic carbocycles. The number of hydrogen-bond donors (Lipinski definition) is 0. The zero-order chi connectivity index (χ0) is 27.8. The molecular weight excluding hydrogens is 508 g/mol. The lowest BCUT2D eigenvalue weighted by molar-refractivity contribution is -0.159. The quantitative estimate of drug-likeness (QED) is 0.373. The van der Waals surface area contributed by atoms with E-state index in [1.807, 2.05) is 24.5 Å². The van der Waals surface area contributed by atoms with Crippen molar-refractivity contribution in [1.82, 2.24) is 29.4 Å². The average Bonchev–Trinajstić information content (AvgIpc) is 3.74. The molecule has 4 fully saturated rings. The van der Waals surface area contributed by atoms with Crippen molar-refractivity contribution < 1.29 is 19.2 Å². The second-order valence-corrected chi connectivity index (χ2v) is 12.3. The largest absolute Gasteiger partial charge is 0.282 e. The maximum Gasteiger partial charge on any atom is 0.234 e. The number of carbonyl (C=O) groups is 4. The summed E-state index contributed by atoms with van der Waals surface area (Å²) < 4.78 is 3.60. The third-order valence-corrected chi connectivity index (χ3v) is 10.7. The summed E-state index contributed by atoms with van der Waals surface area (Å²) in [4.78, 5) is 59.5. The number of aryl methyl sites for hydroxylation is 2. The summed E-state index contributed by atoms with van der Waals surface area (Å²) in [6.45, 7) is 6.09. The van der Waals surface area contributed by atoms with Gasteiger partial charge in [0.15, 0.2) is 0 Å². The summed E-state index contributed by atoms with van der Waals surface area (Å²) in [6.07, 6.45) is 11.1. The smallest absolute Gasteiger partial charge is 0.234 e. The highest BCUT2D eigenvalue weighted by atomic mass is 16.2. The zero-order valence-electron chi connectivity index (χ0n) is 23.1. The minimum Gasteiger partial charge on any atom is -0.282 e. The Morgan fingerprint density at radius 3 is 1.77 bits per heavy atom. The van der Waals surface area contributed by atoms with Crippen LogP contribution in [0.3, 0.4) is 0 Å². The third-order valence-electron chi connectivity index (χ3n) is 10.7. The molecule has 2 saturated heterocycles. The number of hydrogen-bond acceptors (Lipinski definition) is 6. The van der Waals surface area contributed by atoms with E-state index in [0.29, 0.717) is 39.0 Å². The van der Waals surface area contributed by atoms with Crippen LogP contribution >= 0.6 is 0 Å². The fraction of sp³-hybridized carbons (Fsp3) is 0.600. The SMILES string of the molecule is CC1=C2CCCC(C)C23C2C(=O)N(CCCn4cccn4)C(=O)C2C1C1C(=O)N(CCCn2cccn2)C(=O)C13. The van der Waals surface area contributed by atoms with Crippen LogP contribution in [0.2, 0.25) is 0 Å². The van der Waals surface area contributed by atoms with Gasteiger partial charge in [-0.2, -0.15) is 10.2 Å². The summed E-state index contributed by atoms with van der Waals surface area (Å²) in [5.74, 6) is -3.22. The van der Waals surface area contributed by atoms with Crippen LogP contribution in [0.4, 0.5) is 0 Å². The van der Waals surface area contributed by atoms with E-state index in [1.165, 1.54) is 15.4 Å². The van der Waals surface area contributed by atoms with Crippen molar-refractivity contribution in [3.63, 3.8) is 0 Å². The lowest BCUT2D eigenvalue weighted by Gasteiger charge is -2.62. The summed E-state index contributed by atoms with van der Waals surface area (Å²) in [5, 5.41) is 8.47. The monoisotopic (exact) mass is 544 g/mol. The summed E-state index contributed by atoms with van der Waals surface area (Å²) in [5.41, 5.74) is 1.52. The Labute approximate surface area is 233 Å². The molecule has 10 heteroatoms. The Hall–Kier alpha value is -3.56. The van der Waals surface area contributed by atoms with Crippen LogP contribution in [0.25, 0.3) is 0 Å². The second-order valence-electron chi connectivity index (χ2n) is 12.3. The van der Waals surface area contributed by atoms with E-state index >= 15 is 0 Å². The number of aromatic nitrogens is 4. The van der Waals surface area contributed by atoms with Crippen LogP contribution in [0.15, 0.2) is 48.1 Å². The van der Waals surface area contributed by atoms with E-state index in [2.05, 4.69) is 24.0 Å². The predicted octanol–water partition coefficient (Wildman–Crippen LogP) is 2.53. The van der Waals surface area contributed by atoms with Crippen molar-refractivity contribution in [1.29, 1.82) is 0 Å². The molecule has 5 atom stereocenters. The molecule has 4 amide bonds. The number of carbonyl (C=O) groups excluding carboxylic acids is 4. The number of rotatable bonds is 8. The van der Waals surface area contributed by atoms with Crippen LogP contribution in [0.1, 0.15) is 46.0 Å². The number of imide groups is 2. The number of allylic oxidation sites excluding steroid dienone is 2. The van der Waals surface area contributed by atoms with E-state index < -0.39 is 35.0 Å². The van der Waals surface area contributed by atoms with E-state index in [0.717, 1.165) is 24.8 Å². The van der Waals surface area contributed by atoms with Gasteiger partial charge in [-0.25, -0.2) is 0 Å². The van der Waals surface area contributed by atoms with Gasteiger partial charge in [-0.05, 0) is 57.1 Å². The average molecular weight is 545 g/mol. The van der Waals surface area contributed by atoms with Crippen LogP contribution in [-0.4, -0.2) is 66.1 Å². The van der Waals surface area contributed by atoms with Gasteiger partial charge in [0.2, 0.25) is 23.6 Å². The molecule has 0 N–H and O–H groups in total. The normalized spacial score (nSPS) is 34.6. The molecular formula is C30H36N6O4. The first-order valence-corrected chi connectivity index (χ1v) is 14.7. The Bertz CT molecular complexity index is 1310. The van der Waals surface area contributed by atoms with Gasteiger partial charge in [0.1, 0.15) is 0 Å². The highest BCUT2D eigenvalue weighted by Gasteiger charge is 2.78. The summed E-state index contributed by atoms with van der Waals surface area (Å²) in [7, 11) is 0. The molecule has 40 heavy (non-hydrogen) atoms. The van der Waals surface area contributed by atoms with Crippen molar-refractivity contribution in [3.8, 4) is 0 Å². The molecule has 10 nitrogen and oxygen atoms in total. The Balaban J connectivity index is 1.23.